The van der Waals surface area contributed by atoms with Crippen molar-refractivity contribution < 1.29 is 9.90 Å². The summed E-state index contributed by atoms with van der Waals surface area (Å²) >= 11 is 0. The minimum Gasteiger partial charge on any atom is -0.480 e. The smallest absolute Gasteiger partial charge is 0.320 e. The van der Waals surface area contributed by atoms with Gasteiger partial charge in [-0.1, -0.05) is 39.0 Å². The molecule has 0 saturated carbocycles. The van der Waals surface area contributed by atoms with E-state index < -0.39 is 12.0 Å². The third-order valence-corrected chi connectivity index (χ3v) is 4.45. The Labute approximate surface area is 134 Å². The predicted octanol–water partition coefficient (Wildman–Crippen LogP) is 3.93. The lowest BCUT2D eigenvalue weighted by atomic mass is 9.88. The molecule has 22 heavy (non-hydrogen) atoms. The summed E-state index contributed by atoms with van der Waals surface area (Å²) < 4.78 is 0. The van der Waals surface area contributed by atoms with Crippen molar-refractivity contribution in [2.45, 2.75) is 71.9 Å². The van der Waals surface area contributed by atoms with Crippen molar-refractivity contribution in [1.29, 1.82) is 0 Å². The first-order valence-corrected chi connectivity index (χ1v) is 8.42. The van der Waals surface area contributed by atoms with Crippen LogP contribution in [0.5, 0.6) is 0 Å². The molecule has 1 atom stereocenters. The topological polar surface area (TPSA) is 49.3 Å². The Morgan fingerprint density at radius 3 is 2.55 bits per heavy atom. The molecule has 122 valence electrons. The summed E-state index contributed by atoms with van der Waals surface area (Å²) in [4.78, 5) is 11.4. The highest BCUT2D eigenvalue weighted by Crippen LogP contribution is 2.23. The number of aliphatic carboxylic acids is 1. The van der Waals surface area contributed by atoms with Crippen molar-refractivity contribution in [2.75, 3.05) is 0 Å². The zero-order valence-electron chi connectivity index (χ0n) is 14.1. The Balaban J connectivity index is 1.93. The summed E-state index contributed by atoms with van der Waals surface area (Å²) in [5.41, 5.74) is 4.29. The van der Waals surface area contributed by atoms with E-state index >= 15 is 0 Å². The quantitative estimate of drug-likeness (QED) is 0.837. The molecular formula is C19H29NO2. The molecule has 3 heteroatoms. The fraction of sp³-hybridized carbons (Fsp3) is 0.632. The van der Waals surface area contributed by atoms with Gasteiger partial charge in [0.2, 0.25) is 0 Å². The molecule has 1 aliphatic rings. The van der Waals surface area contributed by atoms with Gasteiger partial charge in [0.15, 0.2) is 0 Å². The Kier molecular flexibility index (Phi) is 5.63. The second kappa shape index (κ2) is 7.28. The molecule has 0 aromatic heterocycles. The average Bonchev–Trinajstić information content (AvgIpc) is 2.45. The lowest BCUT2D eigenvalue weighted by molar-refractivity contribution is -0.139. The number of nitrogens with one attached hydrogen (secondary N) is 1. The number of hydrogen-bond acceptors (Lipinski definition) is 2. The van der Waals surface area contributed by atoms with Crippen molar-refractivity contribution in [2.24, 2.45) is 5.41 Å². The van der Waals surface area contributed by atoms with Crippen LogP contribution in [0.2, 0.25) is 0 Å². The fourth-order valence-electron chi connectivity index (χ4n) is 3.03. The minimum atomic E-state index is -0.748. The first-order valence-electron chi connectivity index (χ1n) is 8.42. The molecule has 1 aromatic rings. The lowest BCUT2D eigenvalue weighted by Gasteiger charge is -2.22. The Bertz CT molecular complexity index is 517. The number of fused-ring (bicyclic) bond motifs is 1. The van der Waals surface area contributed by atoms with Crippen LogP contribution < -0.4 is 5.32 Å². The summed E-state index contributed by atoms with van der Waals surface area (Å²) in [6.07, 6.45) is 6.48. The van der Waals surface area contributed by atoms with E-state index in [0.29, 0.717) is 13.0 Å². The zero-order valence-corrected chi connectivity index (χ0v) is 14.1. The van der Waals surface area contributed by atoms with E-state index in [1.807, 2.05) is 0 Å². The second-order valence-electron chi connectivity index (χ2n) is 7.68. The van der Waals surface area contributed by atoms with Gasteiger partial charge in [0.25, 0.3) is 0 Å². The van der Waals surface area contributed by atoms with Crippen molar-refractivity contribution in [3.63, 3.8) is 0 Å². The Morgan fingerprint density at radius 2 is 1.91 bits per heavy atom. The van der Waals surface area contributed by atoms with Gasteiger partial charge in [-0.05, 0) is 60.6 Å². The number of carbonyl (C=O) groups is 1. The van der Waals surface area contributed by atoms with Crippen LogP contribution >= 0.6 is 0 Å². The largest absolute Gasteiger partial charge is 0.480 e. The van der Waals surface area contributed by atoms with E-state index in [-0.39, 0.29) is 5.41 Å². The van der Waals surface area contributed by atoms with Gasteiger partial charge in [0, 0.05) is 6.54 Å². The molecule has 0 saturated heterocycles. The first-order chi connectivity index (χ1) is 10.3. The number of rotatable bonds is 6. The molecule has 1 aliphatic carbocycles. The Morgan fingerprint density at radius 1 is 1.23 bits per heavy atom. The molecule has 2 rings (SSSR count). The highest BCUT2D eigenvalue weighted by Gasteiger charge is 2.20. The van der Waals surface area contributed by atoms with Crippen LogP contribution in [0.4, 0.5) is 0 Å². The van der Waals surface area contributed by atoms with Gasteiger partial charge < -0.3 is 10.4 Å². The highest BCUT2D eigenvalue weighted by atomic mass is 16.4. The van der Waals surface area contributed by atoms with Crippen LogP contribution in [0, 0.1) is 5.41 Å². The maximum Gasteiger partial charge on any atom is 0.320 e. The molecule has 0 unspecified atom stereocenters. The van der Waals surface area contributed by atoms with Crippen LogP contribution in [-0.2, 0) is 24.2 Å². The van der Waals surface area contributed by atoms with Crippen LogP contribution in [-0.4, -0.2) is 17.1 Å². The summed E-state index contributed by atoms with van der Waals surface area (Å²) in [6.45, 7) is 7.08. The molecule has 0 bridgehead atoms. The van der Waals surface area contributed by atoms with Crippen molar-refractivity contribution in [1.82, 2.24) is 5.32 Å². The van der Waals surface area contributed by atoms with Crippen molar-refractivity contribution in [3.8, 4) is 0 Å². The van der Waals surface area contributed by atoms with Gasteiger partial charge in [0.1, 0.15) is 6.04 Å². The number of carboxylic acids is 1. The Hall–Kier alpha value is -1.35. The maximum absolute atomic E-state index is 11.4. The predicted molar refractivity (Wildman–Crippen MR) is 90.0 cm³/mol. The first kappa shape index (κ1) is 17.0. The van der Waals surface area contributed by atoms with E-state index in [1.165, 1.54) is 36.0 Å². The molecule has 1 aromatic carbocycles. The average molecular weight is 303 g/mol. The molecule has 0 aliphatic heterocycles. The summed E-state index contributed by atoms with van der Waals surface area (Å²) in [5, 5.41) is 12.6. The minimum absolute atomic E-state index is 0.168. The molecule has 3 nitrogen and oxygen atoms in total. The normalized spacial score (nSPS) is 16.1. The highest BCUT2D eigenvalue weighted by molar-refractivity contribution is 5.73. The number of benzene rings is 1. The van der Waals surface area contributed by atoms with Gasteiger partial charge in [-0.15, -0.1) is 0 Å². The monoisotopic (exact) mass is 303 g/mol. The van der Waals surface area contributed by atoms with E-state index in [4.69, 9.17) is 0 Å². The van der Waals surface area contributed by atoms with Crippen LogP contribution in [0.1, 0.15) is 63.1 Å². The molecule has 0 spiro atoms. The van der Waals surface area contributed by atoms with E-state index in [9.17, 15) is 9.90 Å². The van der Waals surface area contributed by atoms with Crippen molar-refractivity contribution in [3.05, 3.63) is 34.9 Å². The number of carboxylic acid groups (broad SMARTS) is 1. The summed E-state index contributed by atoms with van der Waals surface area (Å²) in [6, 6.07) is 6.15. The summed E-state index contributed by atoms with van der Waals surface area (Å²) in [5.74, 6) is -0.748. The molecule has 0 radical (unpaired) electrons. The lowest BCUT2D eigenvalue weighted by Crippen LogP contribution is -2.37. The molecular weight excluding hydrogens is 274 g/mol. The number of hydrogen-bond donors (Lipinski definition) is 2. The van der Waals surface area contributed by atoms with Gasteiger partial charge in [-0.2, -0.15) is 0 Å². The molecule has 2 N–H and O–H groups in total. The second-order valence-corrected chi connectivity index (χ2v) is 7.68. The van der Waals surface area contributed by atoms with Gasteiger partial charge in [0.05, 0.1) is 0 Å². The van der Waals surface area contributed by atoms with Gasteiger partial charge >= 0.3 is 5.97 Å². The third-order valence-electron chi connectivity index (χ3n) is 4.45. The SMILES string of the molecule is CC(C)(C)CC[C@H](NCc1ccc2c(c1)CCCC2)C(=O)O. The van der Waals surface area contributed by atoms with E-state index in [1.54, 1.807) is 0 Å². The van der Waals surface area contributed by atoms with Gasteiger partial charge in [-0.3, -0.25) is 4.79 Å². The molecule has 0 fully saturated rings. The standard InChI is InChI=1S/C19H29NO2/c1-19(2,3)11-10-17(18(21)22)20-13-14-8-9-15-6-4-5-7-16(15)12-14/h8-9,12,17,20H,4-7,10-11,13H2,1-3H3,(H,21,22)/t17-/m0/s1. The van der Waals surface area contributed by atoms with E-state index in [0.717, 1.165) is 12.8 Å². The molecule has 0 amide bonds. The van der Waals surface area contributed by atoms with Crippen molar-refractivity contribution >= 4 is 5.97 Å². The van der Waals surface area contributed by atoms with E-state index in [2.05, 4.69) is 44.3 Å². The van der Waals surface area contributed by atoms with Crippen LogP contribution in [0.25, 0.3) is 0 Å². The van der Waals surface area contributed by atoms with Crippen LogP contribution in [0.3, 0.4) is 0 Å². The zero-order chi connectivity index (χ0) is 16.2. The maximum atomic E-state index is 11.4. The van der Waals surface area contributed by atoms with Gasteiger partial charge in [-0.25, -0.2) is 0 Å². The van der Waals surface area contributed by atoms with Crippen LogP contribution in [0.15, 0.2) is 18.2 Å². The molecule has 0 heterocycles. The summed E-state index contributed by atoms with van der Waals surface area (Å²) in [7, 11) is 0. The number of aryl methyl sites for hydroxylation is 2. The fourth-order valence-corrected chi connectivity index (χ4v) is 3.03. The third kappa shape index (κ3) is 5.13.